The van der Waals surface area contributed by atoms with Crippen LogP contribution in [0.3, 0.4) is 0 Å². The molecule has 0 radical (unpaired) electrons. The smallest absolute Gasteiger partial charge is 0.353 e. The van der Waals surface area contributed by atoms with Crippen molar-refractivity contribution in [3.63, 3.8) is 0 Å². The van der Waals surface area contributed by atoms with Crippen molar-refractivity contribution in [2.45, 2.75) is 27.7 Å². The molecule has 4 nitrogen and oxygen atoms in total. The summed E-state index contributed by atoms with van der Waals surface area (Å²) >= 11 is 0. The van der Waals surface area contributed by atoms with E-state index in [1.165, 1.54) is 0 Å². The number of nitrogens with zero attached hydrogens (tertiary/aromatic N) is 1. The number of aliphatic imine (C=N–C) groups is 1. The fraction of sp³-hybridized carbons (Fsp3) is 0.429. The second kappa shape index (κ2) is 8.28. The topological polar surface area (TPSA) is 58.9 Å². The summed E-state index contributed by atoms with van der Waals surface area (Å²) in [6.45, 7) is 11.3. The molecule has 0 unspecified atom stereocenters. The van der Waals surface area contributed by atoms with E-state index < -0.39 is 5.97 Å². The predicted octanol–water partition coefficient (Wildman–Crippen LogP) is 3.18. The Bertz CT molecular complexity index is 390. The minimum atomic E-state index is -1.12. The standard InChI is InChI=1S/C14H21NO3/c1-6-7-8-13(10(2)3)18-9-11(4)15-12(5)14(16)17/h6-8,10H,5,9H2,1-4H3,(H,16,17)/b7-6-,13-8+,15-11+. The Hall–Kier alpha value is -1.84. The lowest BCUT2D eigenvalue weighted by molar-refractivity contribution is -0.132. The molecule has 0 aliphatic carbocycles. The van der Waals surface area contributed by atoms with E-state index in [9.17, 15) is 4.79 Å². The monoisotopic (exact) mass is 251 g/mol. The van der Waals surface area contributed by atoms with Gasteiger partial charge in [0.25, 0.3) is 0 Å². The van der Waals surface area contributed by atoms with Crippen molar-refractivity contribution in [2.75, 3.05) is 6.61 Å². The van der Waals surface area contributed by atoms with E-state index in [1.54, 1.807) is 6.92 Å². The van der Waals surface area contributed by atoms with E-state index in [2.05, 4.69) is 11.6 Å². The predicted molar refractivity (Wildman–Crippen MR) is 73.6 cm³/mol. The second-order valence-corrected chi connectivity index (χ2v) is 4.14. The lowest BCUT2D eigenvalue weighted by Gasteiger charge is -2.13. The largest absolute Gasteiger partial charge is 0.492 e. The number of carboxylic acid groups (broad SMARTS) is 1. The summed E-state index contributed by atoms with van der Waals surface area (Å²) in [5.41, 5.74) is 0.397. The Kier molecular flexibility index (Phi) is 7.43. The van der Waals surface area contributed by atoms with Crippen molar-refractivity contribution in [3.05, 3.63) is 36.3 Å². The van der Waals surface area contributed by atoms with Gasteiger partial charge in [-0.2, -0.15) is 0 Å². The van der Waals surface area contributed by atoms with Crippen molar-refractivity contribution < 1.29 is 14.6 Å². The van der Waals surface area contributed by atoms with Crippen molar-refractivity contribution in [1.82, 2.24) is 0 Å². The highest BCUT2D eigenvalue weighted by Gasteiger charge is 2.06. The lowest BCUT2D eigenvalue weighted by Crippen LogP contribution is -2.09. The quantitative estimate of drug-likeness (QED) is 0.327. The second-order valence-electron chi connectivity index (χ2n) is 4.14. The van der Waals surface area contributed by atoms with E-state index >= 15 is 0 Å². The van der Waals surface area contributed by atoms with Crippen LogP contribution in [0.15, 0.2) is 41.3 Å². The SMILES string of the molecule is C=C(/N=C(\C)CO/C(=C/C=C\C)C(C)C)C(=O)O. The lowest BCUT2D eigenvalue weighted by atomic mass is 10.1. The molecule has 0 aromatic carbocycles. The van der Waals surface area contributed by atoms with Crippen LogP contribution in [0.25, 0.3) is 0 Å². The number of hydrogen-bond acceptors (Lipinski definition) is 3. The molecule has 0 saturated heterocycles. The van der Waals surface area contributed by atoms with Crippen molar-refractivity contribution in [3.8, 4) is 0 Å². The third-order valence-corrected chi connectivity index (χ3v) is 2.04. The van der Waals surface area contributed by atoms with Crippen molar-refractivity contribution in [2.24, 2.45) is 10.9 Å². The molecule has 4 heteroatoms. The number of carbonyl (C=O) groups is 1. The van der Waals surface area contributed by atoms with Crippen LogP contribution in [0.2, 0.25) is 0 Å². The number of rotatable bonds is 7. The van der Waals surface area contributed by atoms with E-state index in [0.717, 1.165) is 5.76 Å². The molecule has 0 spiro atoms. The zero-order chi connectivity index (χ0) is 14.1. The Morgan fingerprint density at radius 1 is 1.50 bits per heavy atom. The first kappa shape index (κ1) is 16.2. The van der Waals surface area contributed by atoms with Crippen molar-refractivity contribution in [1.29, 1.82) is 0 Å². The number of hydrogen-bond donors (Lipinski definition) is 1. The molecule has 1 N–H and O–H groups in total. The van der Waals surface area contributed by atoms with Crippen LogP contribution in [-0.2, 0) is 9.53 Å². The molecule has 0 aromatic rings. The van der Waals surface area contributed by atoms with Crippen LogP contribution in [0.5, 0.6) is 0 Å². The number of ether oxygens (including phenoxy) is 1. The number of allylic oxidation sites excluding steroid dienone is 4. The van der Waals surface area contributed by atoms with E-state index in [0.29, 0.717) is 5.71 Å². The average molecular weight is 251 g/mol. The minimum Gasteiger partial charge on any atom is -0.492 e. The Balaban J connectivity index is 4.54. The van der Waals surface area contributed by atoms with Crippen LogP contribution in [-0.4, -0.2) is 23.4 Å². The fourth-order valence-corrected chi connectivity index (χ4v) is 1.10. The molecule has 0 rings (SSSR count). The highest BCUT2D eigenvalue weighted by molar-refractivity contribution is 5.92. The van der Waals surface area contributed by atoms with Gasteiger partial charge in [0, 0.05) is 5.92 Å². The van der Waals surface area contributed by atoms with Gasteiger partial charge in [0.05, 0.1) is 11.5 Å². The van der Waals surface area contributed by atoms with E-state index in [-0.39, 0.29) is 18.2 Å². The molecule has 0 bridgehead atoms. The maximum absolute atomic E-state index is 10.6. The molecule has 0 aromatic heterocycles. The number of carboxylic acids is 1. The molecule has 0 aliphatic rings. The summed E-state index contributed by atoms with van der Waals surface area (Å²) < 4.78 is 5.59. The van der Waals surface area contributed by atoms with Crippen LogP contribution in [0, 0.1) is 5.92 Å². The summed E-state index contributed by atoms with van der Waals surface area (Å²) in [4.78, 5) is 14.4. The molecule has 0 fully saturated rings. The molecule has 0 aliphatic heterocycles. The molecular formula is C14H21NO3. The average Bonchev–Trinajstić information content (AvgIpc) is 2.28. The zero-order valence-corrected chi connectivity index (χ0v) is 11.4. The maximum atomic E-state index is 10.6. The zero-order valence-electron chi connectivity index (χ0n) is 11.4. The first-order valence-electron chi connectivity index (χ1n) is 5.80. The van der Waals surface area contributed by atoms with E-state index in [4.69, 9.17) is 9.84 Å². The van der Waals surface area contributed by atoms with Gasteiger partial charge in [0.2, 0.25) is 0 Å². The first-order valence-corrected chi connectivity index (χ1v) is 5.80. The van der Waals surface area contributed by atoms with Crippen LogP contribution >= 0.6 is 0 Å². The summed E-state index contributed by atoms with van der Waals surface area (Å²) in [5, 5.41) is 8.64. The summed E-state index contributed by atoms with van der Waals surface area (Å²) in [5.74, 6) is -0.0249. The Morgan fingerprint density at radius 2 is 2.11 bits per heavy atom. The van der Waals surface area contributed by atoms with Gasteiger partial charge in [-0.25, -0.2) is 9.79 Å². The molecule has 0 heterocycles. The molecular weight excluding hydrogens is 230 g/mol. The van der Waals surface area contributed by atoms with Crippen LogP contribution < -0.4 is 0 Å². The maximum Gasteiger partial charge on any atom is 0.353 e. The van der Waals surface area contributed by atoms with Gasteiger partial charge in [0.1, 0.15) is 12.3 Å². The molecule has 18 heavy (non-hydrogen) atoms. The summed E-state index contributed by atoms with van der Waals surface area (Å²) in [6, 6.07) is 0. The van der Waals surface area contributed by atoms with Gasteiger partial charge in [-0.3, -0.25) is 0 Å². The Morgan fingerprint density at radius 3 is 2.56 bits per heavy atom. The third-order valence-electron chi connectivity index (χ3n) is 2.04. The third kappa shape index (κ3) is 6.68. The highest BCUT2D eigenvalue weighted by Crippen LogP contribution is 2.11. The molecule has 100 valence electrons. The normalized spacial score (nSPS) is 13.2. The van der Waals surface area contributed by atoms with Crippen molar-refractivity contribution >= 4 is 11.7 Å². The molecule has 0 saturated carbocycles. The highest BCUT2D eigenvalue weighted by atomic mass is 16.5. The van der Waals surface area contributed by atoms with Gasteiger partial charge in [-0.15, -0.1) is 0 Å². The minimum absolute atomic E-state index is 0.181. The fourth-order valence-electron chi connectivity index (χ4n) is 1.10. The first-order chi connectivity index (χ1) is 8.38. The van der Waals surface area contributed by atoms with Crippen LogP contribution in [0.1, 0.15) is 27.7 Å². The van der Waals surface area contributed by atoms with E-state index in [1.807, 2.05) is 39.0 Å². The van der Waals surface area contributed by atoms with Gasteiger partial charge >= 0.3 is 5.97 Å². The molecule has 0 amide bonds. The number of aliphatic carboxylic acids is 1. The Labute approximate surface area is 108 Å². The summed E-state index contributed by atoms with van der Waals surface area (Å²) in [7, 11) is 0. The van der Waals surface area contributed by atoms with Crippen LogP contribution in [0.4, 0.5) is 0 Å². The van der Waals surface area contributed by atoms with Gasteiger partial charge in [-0.1, -0.05) is 32.6 Å². The van der Waals surface area contributed by atoms with Gasteiger partial charge in [0.15, 0.2) is 0 Å². The summed E-state index contributed by atoms with van der Waals surface area (Å²) in [6.07, 6.45) is 5.71. The van der Waals surface area contributed by atoms with Gasteiger partial charge in [-0.05, 0) is 19.9 Å². The molecule has 0 atom stereocenters. The van der Waals surface area contributed by atoms with Gasteiger partial charge < -0.3 is 9.84 Å².